The van der Waals surface area contributed by atoms with Gasteiger partial charge in [-0.05, 0) is 23.3 Å². The molecule has 2 heteroatoms. The summed E-state index contributed by atoms with van der Waals surface area (Å²) < 4.78 is 2.55. The Labute approximate surface area is 126 Å². The number of rotatable bonds is 1. The first-order valence-electron chi connectivity index (χ1n) is 6.50. The molecule has 0 saturated carbocycles. The van der Waals surface area contributed by atoms with Gasteiger partial charge in [-0.1, -0.05) is 66.2 Å². The minimum absolute atomic E-state index is 0.831. The van der Waals surface area contributed by atoms with Crippen molar-refractivity contribution in [3.63, 3.8) is 0 Å². The zero-order chi connectivity index (χ0) is 13.5. The molecule has 0 spiro atoms. The fourth-order valence-corrected chi connectivity index (χ4v) is 4.21. The summed E-state index contributed by atoms with van der Waals surface area (Å²) in [5, 5.41) is 3.25. The predicted octanol–water partition coefficient (Wildman–Crippen LogP) is 6.37. The van der Waals surface area contributed by atoms with Crippen molar-refractivity contribution < 1.29 is 0 Å². The van der Waals surface area contributed by atoms with Crippen molar-refractivity contribution in [1.29, 1.82) is 0 Å². The van der Waals surface area contributed by atoms with E-state index in [9.17, 15) is 0 Å². The second-order valence-corrected chi connectivity index (χ2v) is 6.22. The Balaban J connectivity index is 2.16. The number of benzene rings is 3. The van der Waals surface area contributed by atoms with Gasteiger partial charge in [0.1, 0.15) is 0 Å². The molecular formula is C18H11ClS. The Hall–Kier alpha value is -1.83. The number of hydrogen-bond acceptors (Lipinski definition) is 1. The maximum atomic E-state index is 6.44. The molecule has 0 nitrogen and oxygen atoms in total. The van der Waals surface area contributed by atoms with E-state index < -0.39 is 0 Å². The van der Waals surface area contributed by atoms with E-state index in [1.807, 2.05) is 23.5 Å². The maximum Gasteiger partial charge on any atom is 0.0499 e. The minimum Gasteiger partial charge on any atom is -0.134 e. The minimum atomic E-state index is 0.831. The van der Waals surface area contributed by atoms with Crippen LogP contribution < -0.4 is 0 Å². The number of thiophene rings is 1. The van der Waals surface area contributed by atoms with Crippen molar-refractivity contribution in [2.75, 3.05) is 0 Å². The molecule has 20 heavy (non-hydrogen) atoms. The fourth-order valence-electron chi connectivity index (χ4n) is 2.63. The molecule has 0 unspecified atom stereocenters. The van der Waals surface area contributed by atoms with Crippen LogP contribution in [0.25, 0.3) is 31.3 Å². The first-order valence-corrected chi connectivity index (χ1v) is 7.69. The Bertz CT molecular complexity index is 907. The molecule has 0 aliphatic carbocycles. The van der Waals surface area contributed by atoms with Gasteiger partial charge in [0.2, 0.25) is 0 Å². The molecule has 0 aliphatic rings. The van der Waals surface area contributed by atoms with E-state index in [4.69, 9.17) is 11.6 Å². The quantitative estimate of drug-likeness (QED) is 0.382. The van der Waals surface area contributed by atoms with Gasteiger partial charge in [0.25, 0.3) is 0 Å². The molecule has 0 bridgehead atoms. The van der Waals surface area contributed by atoms with Gasteiger partial charge in [-0.3, -0.25) is 0 Å². The lowest BCUT2D eigenvalue weighted by atomic mass is 10.0. The first kappa shape index (κ1) is 12.0. The van der Waals surface area contributed by atoms with Gasteiger partial charge in [0.15, 0.2) is 0 Å². The highest BCUT2D eigenvalue weighted by molar-refractivity contribution is 7.26. The van der Waals surface area contributed by atoms with Gasteiger partial charge < -0.3 is 0 Å². The first-order chi connectivity index (χ1) is 9.84. The van der Waals surface area contributed by atoms with Gasteiger partial charge in [-0.2, -0.15) is 0 Å². The Kier molecular flexibility index (Phi) is 2.76. The monoisotopic (exact) mass is 294 g/mol. The SMILES string of the molecule is Clc1ccc(-c2ccccc2)c2sc3ccccc3c12. The van der Waals surface area contributed by atoms with E-state index in [1.165, 1.54) is 31.3 Å². The van der Waals surface area contributed by atoms with Gasteiger partial charge in [-0.15, -0.1) is 11.3 Å². The van der Waals surface area contributed by atoms with Crippen LogP contribution in [0.3, 0.4) is 0 Å². The van der Waals surface area contributed by atoms with Crippen LogP contribution in [0, 0.1) is 0 Å². The molecule has 0 N–H and O–H groups in total. The van der Waals surface area contributed by atoms with E-state index in [0.29, 0.717) is 0 Å². The maximum absolute atomic E-state index is 6.44. The van der Waals surface area contributed by atoms with Crippen molar-refractivity contribution in [3.8, 4) is 11.1 Å². The van der Waals surface area contributed by atoms with Gasteiger partial charge >= 0.3 is 0 Å². The highest BCUT2D eigenvalue weighted by Crippen LogP contribution is 2.42. The highest BCUT2D eigenvalue weighted by Gasteiger charge is 2.12. The van der Waals surface area contributed by atoms with Crippen molar-refractivity contribution in [3.05, 3.63) is 71.8 Å². The summed E-state index contributed by atoms with van der Waals surface area (Å²) in [6, 6.07) is 23.1. The average molecular weight is 295 g/mol. The van der Waals surface area contributed by atoms with Crippen molar-refractivity contribution in [2.45, 2.75) is 0 Å². The predicted molar refractivity (Wildman–Crippen MR) is 89.8 cm³/mol. The fraction of sp³-hybridized carbons (Fsp3) is 0. The topological polar surface area (TPSA) is 0 Å². The summed E-state index contributed by atoms with van der Waals surface area (Å²) >= 11 is 8.26. The van der Waals surface area contributed by atoms with Crippen LogP contribution >= 0.6 is 22.9 Å². The zero-order valence-corrected chi connectivity index (χ0v) is 12.2. The second-order valence-electron chi connectivity index (χ2n) is 4.76. The molecule has 1 aromatic heterocycles. The molecule has 3 aromatic carbocycles. The van der Waals surface area contributed by atoms with Crippen LogP contribution in [0.5, 0.6) is 0 Å². The van der Waals surface area contributed by atoms with Crippen LogP contribution in [0.4, 0.5) is 0 Å². The average Bonchev–Trinajstić information content (AvgIpc) is 2.88. The molecule has 4 rings (SSSR count). The highest BCUT2D eigenvalue weighted by atomic mass is 35.5. The largest absolute Gasteiger partial charge is 0.134 e. The molecule has 0 saturated heterocycles. The Morgan fingerprint density at radius 2 is 1.50 bits per heavy atom. The normalized spacial score (nSPS) is 11.2. The van der Waals surface area contributed by atoms with Crippen molar-refractivity contribution in [2.24, 2.45) is 0 Å². The van der Waals surface area contributed by atoms with Crippen molar-refractivity contribution >= 4 is 43.1 Å². The van der Waals surface area contributed by atoms with E-state index in [1.54, 1.807) is 0 Å². The molecule has 4 aromatic rings. The van der Waals surface area contributed by atoms with E-state index in [2.05, 4.69) is 54.6 Å². The van der Waals surface area contributed by atoms with Crippen LogP contribution in [0.2, 0.25) is 5.02 Å². The Morgan fingerprint density at radius 3 is 2.35 bits per heavy atom. The lowest BCUT2D eigenvalue weighted by molar-refractivity contribution is 1.67. The lowest BCUT2D eigenvalue weighted by Crippen LogP contribution is -1.78. The smallest absolute Gasteiger partial charge is 0.0499 e. The molecule has 0 fully saturated rings. The van der Waals surface area contributed by atoms with Crippen LogP contribution in [0.15, 0.2) is 66.7 Å². The molecule has 0 atom stereocenters. The summed E-state index contributed by atoms with van der Waals surface area (Å²) in [5.74, 6) is 0. The van der Waals surface area contributed by atoms with E-state index in [-0.39, 0.29) is 0 Å². The third-order valence-corrected chi connectivity index (χ3v) is 5.08. The number of fused-ring (bicyclic) bond motifs is 3. The summed E-state index contributed by atoms with van der Waals surface area (Å²) in [7, 11) is 0. The van der Waals surface area contributed by atoms with Gasteiger partial charge in [0, 0.05) is 25.2 Å². The summed E-state index contributed by atoms with van der Waals surface area (Å²) in [6.07, 6.45) is 0. The summed E-state index contributed by atoms with van der Waals surface area (Å²) in [6.45, 7) is 0. The van der Waals surface area contributed by atoms with E-state index >= 15 is 0 Å². The van der Waals surface area contributed by atoms with Gasteiger partial charge in [0.05, 0.1) is 0 Å². The molecular weight excluding hydrogens is 284 g/mol. The zero-order valence-electron chi connectivity index (χ0n) is 10.6. The third kappa shape index (κ3) is 1.75. The molecule has 1 heterocycles. The molecule has 0 radical (unpaired) electrons. The molecule has 96 valence electrons. The van der Waals surface area contributed by atoms with Crippen molar-refractivity contribution in [1.82, 2.24) is 0 Å². The summed E-state index contributed by atoms with van der Waals surface area (Å²) in [5.41, 5.74) is 2.49. The van der Waals surface area contributed by atoms with Crippen LogP contribution in [-0.4, -0.2) is 0 Å². The number of halogens is 1. The molecule has 0 aliphatic heterocycles. The number of hydrogen-bond donors (Lipinski definition) is 0. The summed E-state index contributed by atoms with van der Waals surface area (Å²) in [4.78, 5) is 0. The van der Waals surface area contributed by atoms with Crippen LogP contribution in [0.1, 0.15) is 0 Å². The standard InChI is InChI=1S/C18H11ClS/c19-15-11-10-13(12-6-2-1-3-7-12)18-17(15)14-8-4-5-9-16(14)20-18/h1-11H. The second kappa shape index (κ2) is 4.62. The third-order valence-electron chi connectivity index (χ3n) is 3.56. The Morgan fingerprint density at radius 1 is 0.750 bits per heavy atom. The lowest BCUT2D eigenvalue weighted by Gasteiger charge is -2.04. The van der Waals surface area contributed by atoms with Gasteiger partial charge in [-0.25, -0.2) is 0 Å². The van der Waals surface area contributed by atoms with Crippen LogP contribution in [-0.2, 0) is 0 Å². The molecule has 0 amide bonds. The van der Waals surface area contributed by atoms with E-state index in [0.717, 1.165) is 5.02 Å².